The second kappa shape index (κ2) is 6.79. The summed E-state index contributed by atoms with van der Waals surface area (Å²) in [5.74, 6) is 2.88. The van der Waals surface area contributed by atoms with Crippen molar-refractivity contribution in [1.29, 1.82) is 5.26 Å². The molecule has 1 aromatic carbocycles. The van der Waals surface area contributed by atoms with Crippen LogP contribution in [-0.2, 0) is 0 Å². The molecule has 144 valence electrons. The molecule has 0 N–H and O–H groups in total. The number of piperidine rings is 3. The molecule has 2 aromatic rings. The second-order valence-electron chi connectivity index (χ2n) is 8.32. The lowest BCUT2D eigenvalue weighted by atomic mass is 9.75. The average molecular weight is 374 g/mol. The first-order valence-electron chi connectivity index (χ1n) is 10.2. The molecule has 0 amide bonds. The van der Waals surface area contributed by atoms with Crippen LogP contribution in [0.2, 0.25) is 0 Å². The Morgan fingerprint density at radius 2 is 1.82 bits per heavy atom. The Morgan fingerprint density at radius 3 is 2.50 bits per heavy atom. The number of hydrogen-bond acceptors (Lipinski definition) is 5. The van der Waals surface area contributed by atoms with Crippen molar-refractivity contribution >= 4 is 5.82 Å². The van der Waals surface area contributed by atoms with Gasteiger partial charge in [-0.2, -0.15) is 5.26 Å². The lowest BCUT2D eigenvalue weighted by Crippen LogP contribution is -2.60. The highest BCUT2D eigenvalue weighted by atomic mass is 16.5. The van der Waals surface area contributed by atoms with Crippen LogP contribution in [-0.4, -0.2) is 48.7 Å². The van der Waals surface area contributed by atoms with E-state index < -0.39 is 0 Å². The zero-order valence-electron chi connectivity index (χ0n) is 16.5. The molecule has 28 heavy (non-hydrogen) atoms. The molecular formula is C23H26N4O. The van der Waals surface area contributed by atoms with Crippen LogP contribution in [0.5, 0.6) is 5.75 Å². The predicted molar refractivity (Wildman–Crippen MR) is 109 cm³/mol. The highest BCUT2D eigenvalue weighted by Crippen LogP contribution is 2.48. The fraction of sp³-hybridized carbons (Fsp3) is 0.478. The third-order valence-corrected chi connectivity index (χ3v) is 6.95. The van der Waals surface area contributed by atoms with E-state index in [0.29, 0.717) is 29.5 Å². The zero-order valence-corrected chi connectivity index (χ0v) is 16.5. The number of aryl methyl sites for hydroxylation is 1. The summed E-state index contributed by atoms with van der Waals surface area (Å²) in [7, 11) is 1.71. The maximum Gasteiger partial charge on any atom is 0.147 e. The minimum atomic E-state index is 0.424. The molecule has 4 fully saturated rings. The smallest absolute Gasteiger partial charge is 0.147 e. The number of benzene rings is 1. The minimum Gasteiger partial charge on any atom is -0.497 e. The summed E-state index contributed by atoms with van der Waals surface area (Å²) in [6.07, 6.45) is 2.50. The van der Waals surface area contributed by atoms with Crippen molar-refractivity contribution in [2.24, 2.45) is 5.92 Å². The fourth-order valence-corrected chi connectivity index (χ4v) is 5.66. The van der Waals surface area contributed by atoms with Crippen LogP contribution < -0.4 is 9.64 Å². The van der Waals surface area contributed by atoms with Crippen LogP contribution in [0.1, 0.15) is 35.6 Å². The van der Waals surface area contributed by atoms with Crippen LogP contribution >= 0.6 is 0 Å². The Hall–Kier alpha value is -2.58. The summed E-state index contributed by atoms with van der Waals surface area (Å²) in [5, 5.41) is 9.70. The van der Waals surface area contributed by atoms with Gasteiger partial charge in [-0.3, -0.25) is 4.90 Å². The molecule has 3 atom stereocenters. The Balaban J connectivity index is 1.58. The maximum absolute atomic E-state index is 9.70. The fourth-order valence-electron chi connectivity index (χ4n) is 5.66. The number of methoxy groups -OCH3 is 1. The number of anilines is 1. The number of rotatable bonds is 3. The van der Waals surface area contributed by atoms with Crippen molar-refractivity contribution in [3.63, 3.8) is 0 Å². The van der Waals surface area contributed by atoms with Gasteiger partial charge in [0.2, 0.25) is 0 Å². The topological polar surface area (TPSA) is 52.4 Å². The van der Waals surface area contributed by atoms with E-state index in [9.17, 15) is 5.26 Å². The van der Waals surface area contributed by atoms with Gasteiger partial charge in [-0.1, -0.05) is 12.1 Å². The highest BCUT2D eigenvalue weighted by Gasteiger charge is 2.54. The van der Waals surface area contributed by atoms with Crippen molar-refractivity contribution in [2.75, 3.05) is 31.6 Å². The van der Waals surface area contributed by atoms with Gasteiger partial charge in [0.15, 0.2) is 0 Å². The highest BCUT2D eigenvalue weighted by molar-refractivity contribution is 5.58. The van der Waals surface area contributed by atoms with E-state index in [1.165, 1.54) is 31.5 Å². The summed E-state index contributed by atoms with van der Waals surface area (Å²) in [6, 6.07) is 15.7. The lowest BCUT2D eigenvalue weighted by Gasteiger charge is -2.51. The SMILES string of the molecule is COc1ccc([C@H]2CN(c3nc(C)ccc3C#N)[C@H]3C4CCN(CC4)[C@@H]23)cc1. The summed E-state index contributed by atoms with van der Waals surface area (Å²) in [4.78, 5) is 9.96. The Labute approximate surface area is 166 Å². The molecule has 5 nitrogen and oxygen atoms in total. The predicted octanol–water partition coefficient (Wildman–Crippen LogP) is 3.34. The van der Waals surface area contributed by atoms with Crippen molar-refractivity contribution in [1.82, 2.24) is 9.88 Å². The van der Waals surface area contributed by atoms with Crippen molar-refractivity contribution in [3.05, 3.63) is 53.2 Å². The van der Waals surface area contributed by atoms with E-state index in [4.69, 9.17) is 9.72 Å². The molecule has 4 aliphatic rings. The Bertz CT molecular complexity index is 911. The molecule has 4 aliphatic heterocycles. The molecule has 4 saturated heterocycles. The molecule has 0 unspecified atom stereocenters. The van der Waals surface area contributed by atoms with Gasteiger partial charge < -0.3 is 9.64 Å². The normalized spacial score (nSPS) is 30.8. The lowest BCUT2D eigenvalue weighted by molar-refractivity contribution is 0.0354. The van der Waals surface area contributed by atoms with Crippen LogP contribution in [0.3, 0.4) is 0 Å². The molecule has 5 heteroatoms. The van der Waals surface area contributed by atoms with E-state index in [0.717, 1.165) is 23.8 Å². The second-order valence-corrected chi connectivity index (χ2v) is 8.32. The van der Waals surface area contributed by atoms with Crippen LogP contribution in [0.4, 0.5) is 5.82 Å². The number of fused-ring (bicyclic) bond motifs is 2. The average Bonchev–Trinajstić information content (AvgIpc) is 3.17. The molecule has 0 radical (unpaired) electrons. The third-order valence-electron chi connectivity index (χ3n) is 6.95. The standard InChI is InChI=1S/C23H26N4O/c1-15-3-4-18(13-24)23(25-15)27-14-20(16-5-7-19(28-2)8-6-16)22-21(27)17-9-11-26(22)12-10-17/h3-8,17,20-22H,9-12,14H2,1-2H3/t20-,21+,22+/m1/s1. The summed E-state index contributed by atoms with van der Waals surface area (Å²) < 4.78 is 5.35. The van der Waals surface area contributed by atoms with Gasteiger partial charge in [-0.25, -0.2) is 4.98 Å². The van der Waals surface area contributed by atoms with E-state index in [1.54, 1.807) is 7.11 Å². The van der Waals surface area contributed by atoms with Gasteiger partial charge in [0, 0.05) is 30.2 Å². The monoisotopic (exact) mass is 374 g/mol. The van der Waals surface area contributed by atoms with Crippen molar-refractivity contribution < 1.29 is 4.74 Å². The molecule has 0 aliphatic carbocycles. The Morgan fingerprint density at radius 1 is 1.07 bits per heavy atom. The van der Waals surface area contributed by atoms with Gasteiger partial charge in [0.25, 0.3) is 0 Å². The van der Waals surface area contributed by atoms with Gasteiger partial charge in [-0.05, 0) is 68.6 Å². The summed E-state index contributed by atoms with van der Waals surface area (Å²) in [5.41, 5.74) is 3.02. The van der Waals surface area contributed by atoms with Crippen LogP contribution in [0, 0.1) is 24.2 Å². The number of aromatic nitrogens is 1. The van der Waals surface area contributed by atoms with Gasteiger partial charge in [0.05, 0.1) is 12.7 Å². The van der Waals surface area contributed by atoms with E-state index in [1.807, 2.05) is 19.1 Å². The summed E-state index contributed by atoms with van der Waals surface area (Å²) >= 11 is 0. The first-order valence-corrected chi connectivity index (χ1v) is 10.2. The molecule has 1 aromatic heterocycles. The number of nitrogens with zero attached hydrogens (tertiary/aromatic N) is 4. The van der Waals surface area contributed by atoms with Gasteiger partial charge in [0.1, 0.15) is 17.6 Å². The first-order chi connectivity index (χ1) is 13.7. The van der Waals surface area contributed by atoms with Crippen LogP contribution in [0.15, 0.2) is 36.4 Å². The number of pyridine rings is 1. The van der Waals surface area contributed by atoms with E-state index >= 15 is 0 Å². The maximum atomic E-state index is 9.70. The number of ether oxygens (including phenoxy) is 1. The number of hydrogen-bond donors (Lipinski definition) is 0. The van der Waals surface area contributed by atoms with E-state index in [-0.39, 0.29) is 0 Å². The third kappa shape index (κ3) is 2.67. The van der Waals surface area contributed by atoms with Crippen molar-refractivity contribution in [3.8, 4) is 11.8 Å². The molecule has 6 rings (SSSR count). The quantitative estimate of drug-likeness (QED) is 0.825. The largest absolute Gasteiger partial charge is 0.497 e. The van der Waals surface area contributed by atoms with Crippen LogP contribution in [0.25, 0.3) is 0 Å². The number of nitriles is 1. The van der Waals surface area contributed by atoms with Crippen molar-refractivity contribution in [2.45, 2.75) is 37.8 Å². The summed E-state index contributed by atoms with van der Waals surface area (Å²) in [6.45, 7) is 5.31. The zero-order chi connectivity index (χ0) is 19.3. The minimum absolute atomic E-state index is 0.424. The van der Waals surface area contributed by atoms with Gasteiger partial charge in [-0.15, -0.1) is 0 Å². The molecular weight excluding hydrogens is 348 g/mol. The molecule has 2 bridgehead atoms. The molecule has 5 heterocycles. The molecule has 0 spiro atoms. The molecule has 0 saturated carbocycles. The van der Waals surface area contributed by atoms with E-state index in [2.05, 4.69) is 40.1 Å². The van der Waals surface area contributed by atoms with Gasteiger partial charge >= 0.3 is 0 Å². The first kappa shape index (κ1) is 17.5. The Kier molecular flexibility index (Phi) is 4.25.